The number of benzene rings is 2. The fourth-order valence-electron chi connectivity index (χ4n) is 3.12. The Bertz CT molecular complexity index is 964. The smallest absolute Gasteiger partial charge is 0.224 e. The first-order valence-electron chi connectivity index (χ1n) is 8.27. The Morgan fingerprint density at radius 3 is 2.65 bits per heavy atom. The van der Waals surface area contributed by atoms with Gasteiger partial charge in [0.1, 0.15) is 17.1 Å². The van der Waals surface area contributed by atoms with Crippen molar-refractivity contribution in [1.29, 1.82) is 0 Å². The monoisotopic (exact) mass is 371 g/mol. The molecule has 3 rings (SSSR count). The lowest BCUT2D eigenvalue weighted by Gasteiger charge is -2.11. The van der Waals surface area contributed by atoms with Gasteiger partial charge in [-0.2, -0.15) is 0 Å². The fourth-order valence-corrected chi connectivity index (χ4v) is 3.84. The molecule has 2 aromatic carbocycles. The van der Waals surface area contributed by atoms with E-state index in [2.05, 4.69) is 0 Å². The normalized spacial score (nSPS) is 12.3. The molecule has 0 saturated carbocycles. The number of aromatic hydroxyl groups is 1. The first-order chi connectivity index (χ1) is 12.5. The van der Waals surface area contributed by atoms with Crippen molar-refractivity contribution in [1.82, 2.24) is 0 Å². The number of carbonyl (C=O) groups is 1. The van der Waals surface area contributed by atoms with Crippen LogP contribution in [-0.4, -0.2) is 24.4 Å². The lowest BCUT2D eigenvalue weighted by atomic mass is 9.95. The van der Waals surface area contributed by atoms with Crippen molar-refractivity contribution in [2.24, 2.45) is 5.73 Å². The summed E-state index contributed by atoms with van der Waals surface area (Å²) < 4.78 is 11.2. The zero-order valence-electron chi connectivity index (χ0n) is 14.9. The number of rotatable bonds is 6. The minimum Gasteiger partial charge on any atom is -0.507 e. The Labute approximate surface area is 156 Å². The van der Waals surface area contributed by atoms with Crippen molar-refractivity contribution in [2.45, 2.75) is 24.2 Å². The SMILES string of the molecule is CCC(C(N)=O)c1ccc2oc(-c3ccc(OC)cc3O)c(SC)c2c1. The van der Waals surface area contributed by atoms with Gasteiger partial charge in [-0.1, -0.05) is 13.0 Å². The molecule has 3 aromatic rings. The van der Waals surface area contributed by atoms with Crippen molar-refractivity contribution < 1.29 is 19.1 Å². The largest absolute Gasteiger partial charge is 0.507 e. The molecule has 1 aromatic heterocycles. The van der Waals surface area contributed by atoms with Crippen molar-refractivity contribution in [3.63, 3.8) is 0 Å². The number of phenols is 1. The van der Waals surface area contributed by atoms with E-state index in [1.54, 1.807) is 25.3 Å². The molecule has 0 aliphatic rings. The quantitative estimate of drug-likeness (QED) is 0.623. The predicted octanol–water partition coefficient (Wildman–Crippen LogP) is 4.51. The summed E-state index contributed by atoms with van der Waals surface area (Å²) in [5.74, 6) is 0.581. The van der Waals surface area contributed by atoms with Crippen LogP contribution in [0.1, 0.15) is 24.8 Å². The summed E-state index contributed by atoms with van der Waals surface area (Å²) in [6, 6.07) is 10.8. The second-order valence-corrected chi connectivity index (χ2v) is 6.78. The molecule has 0 saturated heterocycles. The molecule has 1 atom stereocenters. The molecule has 0 aliphatic carbocycles. The molecule has 0 fully saturated rings. The van der Waals surface area contributed by atoms with E-state index >= 15 is 0 Å². The first-order valence-corrected chi connectivity index (χ1v) is 9.49. The molecule has 1 heterocycles. The molecule has 0 spiro atoms. The van der Waals surface area contributed by atoms with E-state index in [1.165, 1.54) is 11.8 Å². The van der Waals surface area contributed by atoms with Crippen LogP contribution in [0.2, 0.25) is 0 Å². The van der Waals surface area contributed by atoms with Gasteiger partial charge in [0.25, 0.3) is 0 Å². The average Bonchev–Trinajstić information content (AvgIpc) is 2.99. The second-order valence-electron chi connectivity index (χ2n) is 5.97. The van der Waals surface area contributed by atoms with Crippen molar-refractivity contribution >= 4 is 28.6 Å². The molecule has 6 heteroatoms. The van der Waals surface area contributed by atoms with Crippen molar-refractivity contribution in [2.75, 3.05) is 13.4 Å². The zero-order valence-corrected chi connectivity index (χ0v) is 15.7. The molecule has 136 valence electrons. The Morgan fingerprint density at radius 1 is 1.31 bits per heavy atom. The molecule has 26 heavy (non-hydrogen) atoms. The third kappa shape index (κ3) is 3.12. The Kier molecular flexibility index (Phi) is 5.13. The van der Waals surface area contributed by atoms with Crippen LogP contribution >= 0.6 is 11.8 Å². The summed E-state index contributed by atoms with van der Waals surface area (Å²) in [7, 11) is 1.55. The van der Waals surface area contributed by atoms with E-state index in [0.29, 0.717) is 29.1 Å². The van der Waals surface area contributed by atoms with E-state index in [9.17, 15) is 9.90 Å². The highest BCUT2D eigenvalue weighted by molar-refractivity contribution is 7.99. The number of nitrogens with two attached hydrogens (primary N) is 1. The molecule has 0 radical (unpaired) electrons. The van der Waals surface area contributed by atoms with Gasteiger partial charge in [-0.3, -0.25) is 4.79 Å². The zero-order chi connectivity index (χ0) is 18.8. The number of furan rings is 1. The van der Waals surface area contributed by atoms with Crippen LogP contribution in [0.25, 0.3) is 22.3 Å². The maximum atomic E-state index is 11.7. The molecule has 3 N–H and O–H groups in total. The highest BCUT2D eigenvalue weighted by atomic mass is 32.2. The van der Waals surface area contributed by atoms with Crippen LogP contribution in [0.5, 0.6) is 11.5 Å². The van der Waals surface area contributed by atoms with Gasteiger partial charge in [0.15, 0.2) is 5.76 Å². The predicted molar refractivity (Wildman–Crippen MR) is 104 cm³/mol. The summed E-state index contributed by atoms with van der Waals surface area (Å²) in [5, 5.41) is 11.3. The Hall–Kier alpha value is -2.60. The first kappa shape index (κ1) is 18.2. The molecule has 1 unspecified atom stereocenters. The summed E-state index contributed by atoms with van der Waals surface area (Å²) in [5.41, 5.74) is 7.68. The van der Waals surface area contributed by atoms with Crippen LogP contribution < -0.4 is 10.5 Å². The van der Waals surface area contributed by atoms with Crippen LogP contribution in [-0.2, 0) is 4.79 Å². The highest BCUT2D eigenvalue weighted by Crippen LogP contribution is 2.44. The summed E-state index contributed by atoms with van der Waals surface area (Å²) in [6.45, 7) is 1.94. The minimum atomic E-state index is -0.339. The summed E-state index contributed by atoms with van der Waals surface area (Å²) in [6.07, 6.45) is 2.59. The number of thioether (sulfide) groups is 1. The number of hydrogen-bond donors (Lipinski definition) is 2. The number of ether oxygens (including phenoxy) is 1. The lowest BCUT2D eigenvalue weighted by molar-refractivity contribution is -0.119. The third-order valence-electron chi connectivity index (χ3n) is 4.47. The number of primary amides is 1. The number of fused-ring (bicyclic) bond motifs is 1. The number of amides is 1. The van der Waals surface area contributed by atoms with E-state index in [4.69, 9.17) is 14.9 Å². The third-order valence-corrected chi connectivity index (χ3v) is 5.29. The topological polar surface area (TPSA) is 85.7 Å². The number of phenolic OH excluding ortho intramolecular Hbond substituents is 1. The van der Waals surface area contributed by atoms with Gasteiger partial charge in [-0.15, -0.1) is 11.8 Å². The maximum absolute atomic E-state index is 11.7. The van der Waals surface area contributed by atoms with Crippen LogP contribution in [0.3, 0.4) is 0 Å². The minimum absolute atomic E-state index is 0.0856. The van der Waals surface area contributed by atoms with Crippen LogP contribution in [0.4, 0.5) is 0 Å². The molecule has 5 nitrogen and oxygen atoms in total. The fraction of sp³-hybridized carbons (Fsp3) is 0.250. The van der Waals surface area contributed by atoms with Crippen LogP contribution in [0, 0.1) is 0 Å². The number of methoxy groups -OCH3 is 1. The van der Waals surface area contributed by atoms with Gasteiger partial charge < -0.3 is 20.0 Å². The Morgan fingerprint density at radius 2 is 2.08 bits per heavy atom. The molecular weight excluding hydrogens is 350 g/mol. The van der Waals surface area contributed by atoms with E-state index in [-0.39, 0.29) is 17.6 Å². The molecule has 0 bridgehead atoms. The van der Waals surface area contributed by atoms with E-state index in [1.807, 2.05) is 31.4 Å². The van der Waals surface area contributed by atoms with Gasteiger partial charge >= 0.3 is 0 Å². The Balaban J connectivity index is 2.18. The van der Waals surface area contributed by atoms with E-state index < -0.39 is 0 Å². The van der Waals surface area contributed by atoms with Gasteiger partial charge in [0.05, 0.1) is 23.5 Å². The van der Waals surface area contributed by atoms with Gasteiger partial charge in [-0.05, 0) is 42.5 Å². The van der Waals surface area contributed by atoms with Gasteiger partial charge in [0.2, 0.25) is 5.91 Å². The van der Waals surface area contributed by atoms with Gasteiger partial charge in [-0.25, -0.2) is 0 Å². The molecule has 0 aliphatic heterocycles. The van der Waals surface area contributed by atoms with Crippen molar-refractivity contribution in [3.05, 3.63) is 42.0 Å². The van der Waals surface area contributed by atoms with Gasteiger partial charge in [0, 0.05) is 11.5 Å². The average molecular weight is 371 g/mol. The highest BCUT2D eigenvalue weighted by Gasteiger charge is 2.21. The second kappa shape index (κ2) is 7.33. The summed E-state index contributed by atoms with van der Waals surface area (Å²) >= 11 is 1.53. The van der Waals surface area contributed by atoms with Crippen LogP contribution in [0.15, 0.2) is 45.7 Å². The van der Waals surface area contributed by atoms with Crippen molar-refractivity contribution in [3.8, 4) is 22.8 Å². The lowest BCUT2D eigenvalue weighted by Crippen LogP contribution is -2.20. The standard InChI is InChI=1S/C20H21NO4S/c1-4-13(20(21)23)11-5-8-17-15(9-11)19(26-3)18(25-17)14-7-6-12(24-2)10-16(14)22/h5-10,13,22H,4H2,1-3H3,(H2,21,23). The molecule has 1 amide bonds. The number of hydrogen-bond acceptors (Lipinski definition) is 5. The summed E-state index contributed by atoms with van der Waals surface area (Å²) in [4.78, 5) is 12.6. The number of carbonyl (C=O) groups excluding carboxylic acids is 1. The maximum Gasteiger partial charge on any atom is 0.224 e. The van der Waals surface area contributed by atoms with E-state index in [0.717, 1.165) is 15.8 Å². The molecular formula is C20H21NO4S.